The van der Waals surface area contributed by atoms with Gasteiger partial charge in [0.2, 0.25) is 0 Å². The first-order chi connectivity index (χ1) is 10.2. The minimum atomic E-state index is 0.167. The van der Waals surface area contributed by atoms with Gasteiger partial charge in [-0.25, -0.2) is 0 Å². The molecule has 1 aromatic heterocycles. The highest BCUT2D eigenvalue weighted by molar-refractivity contribution is 5.83. The van der Waals surface area contributed by atoms with Crippen LogP contribution < -0.4 is 0 Å². The van der Waals surface area contributed by atoms with E-state index in [9.17, 15) is 4.79 Å². The summed E-state index contributed by atoms with van der Waals surface area (Å²) >= 11 is 0. The van der Waals surface area contributed by atoms with Crippen molar-refractivity contribution in [3.63, 3.8) is 0 Å². The molecule has 0 aliphatic heterocycles. The molecule has 1 heterocycles. The zero-order valence-corrected chi connectivity index (χ0v) is 12.8. The molecular formula is C18H22N2O. The van der Waals surface area contributed by atoms with Crippen molar-refractivity contribution in [2.45, 2.75) is 46.1 Å². The van der Waals surface area contributed by atoms with Crippen molar-refractivity contribution in [3.05, 3.63) is 52.8 Å². The lowest BCUT2D eigenvalue weighted by molar-refractivity contribution is -0.122. The van der Waals surface area contributed by atoms with Gasteiger partial charge in [-0.05, 0) is 50.3 Å². The molecule has 0 spiro atoms. The third kappa shape index (κ3) is 2.92. The van der Waals surface area contributed by atoms with Gasteiger partial charge < -0.3 is 0 Å². The van der Waals surface area contributed by atoms with Crippen molar-refractivity contribution in [2.24, 2.45) is 5.92 Å². The van der Waals surface area contributed by atoms with Crippen LogP contribution in [0.1, 0.15) is 35.9 Å². The monoisotopic (exact) mass is 282 g/mol. The van der Waals surface area contributed by atoms with Crippen molar-refractivity contribution >= 4 is 5.78 Å². The number of hydrogen-bond donors (Lipinski definition) is 0. The number of benzene rings is 1. The highest BCUT2D eigenvalue weighted by Gasteiger charge is 2.25. The van der Waals surface area contributed by atoms with Crippen LogP contribution in [0.25, 0.3) is 0 Å². The average Bonchev–Trinajstić information content (AvgIpc) is 2.86. The SMILES string of the molecule is CCn1nc(C)cc1CC(=O)C1CCc2ccccc2C1. The van der Waals surface area contributed by atoms with Crippen LogP contribution >= 0.6 is 0 Å². The number of fused-ring (bicyclic) bond motifs is 1. The van der Waals surface area contributed by atoms with Gasteiger partial charge in [-0.1, -0.05) is 24.3 Å². The van der Waals surface area contributed by atoms with Crippen LogP contribution in [0.5, 0.6) is 0 Å². The molecule has 3 heteroatoms. The molecule has 0 bridgehead atoms. The molecule has 0 saturated carbocycles. The van der Waals surface area contributed by atoms with E-state index in [0.717, 1.165) is 37.2 Å². The Bertz CT molecular complexity index is 657. The van der Waals surface area contributed by atoms with Crippen LogP contribution in [0, 0.1) is 12.8 Å². The van der Waals surface area contributed by atoms with Gasteiger partial charge in [0.25, 0.3) is 0 Å². The maximum atomic E-state index is 12.6. The summed E-state index contributed by atoms with van der Waals surface area (Å²) in [5.41, 5.74) is 4.81. The van der Waals surface area contributed by atoms with E-state index in [1.165, 1.54) is 11.1 Å². The van der Waals surface area contributed by atoms with Gasteiger partial charge >= 0.3 is 0 Å². The van der Waals surface area contributed by atoms with Gasteiger partial charge in [-0.2, -0.15) is 5.10 Å². The topological polar surface area (TPSA) is 34.9 Å². The third-order valence-corrected chi connectivity index (χ3v) is 4.44. The summed E-state index contributed by atoms with van der Waals surface area (Å²) in [6.45, 7) is 4.87. The quantitative estimate of drug-likeness (QED) is 0.863. The molecule has 1 aliphatic rings. The summed E-state index contributed by atoms with van der Waals surface area (Å²) in [6.07, 6.45) is 3.42. The minimum Gasteiger partial charge on any atom is -0.299 e. The van der Waals surface area contributed by atoms with E-state index < -0.39 is 0 Å². The van der Waals surface area contributed by atoms with Crippen LogP contribution in [0.15, 0.2) is 30.3 Å². The Morgan fingerprint density at radius 3 is 2.86 bits per heavy atom. The van der Waals surface area contributed by atoms with E-state index in [1.54, 1.807) is 0 Å². The molecule has 3 rings (SSSR count). The van der Waals surface area contributed by atoms with Crippen LogP contribution in [-0.2, 0) is 30.6 Å². The van der Waals surface area contributed by atoms with Gasteiger partial charge in [0.05, 0.1) is 5.69 Å². The van der Waals surface area contributed by atoms with E-state index in [4.69, 9.17) is 0 Å². The molecular weight excluding hydrogens is 260 g/mol. The molecule has 1 aromatic carbocycles. The van der Waals surface area contributed by atoms with Gasteiger partial charge in [-0.3, -0.25) is 9.48 Å². The molecule has 1 atom stereocenters. The van der Waals surface area contributed by atoms with Gasteiger partial charge in [0.15, 0.2) is 0 Å². The van der Waals surface area contributed by atoms with Crippen molar-refractivity contribution in [3.8, 4) is 0 Å². The fourth-order valence-electron chi connectivity index (χ4n) is 3.31. The van der Waals surface area contributed by atoms with E-state index in [-0.39, 0.29) is 5.92 Å². The molecule has 1 aliphatic carbocycles. The van der Waals surface area contributed by atoms with Crippen LogP contribution in [-0.4, -0.2) is 15.6 Å². The number of ketones is 1. The number of aryl methyl sites for hydroxylation is 3. The normalized spacial score (nSPS) is 17.5. The predicted molar refractivity (Wildman–Crippen MR) is 83.3 cm³/mol. The van der Waals surface area contributed by atoms with Crippen molar-refractivity contribution < 1.29 is 4.79 Å². The summed E-state index contributed by atoms with van der Waals surface area (Å²) in [5.74, 6) is 0.527. The number of carbonyl (C=O) groups is 1. The molecule has 1 unspecified atom stereocenters. The molecule has 3 nitrogen and oxygen atoms in total. The first kappa shape index (κ1) is 14.1. The second kappa shape index (κ2) is 5.84. The largest absolute Gasteiger partial charge is 0.299 e. The average molecular weight is 282 g/mol. The van der Waals surface area contributed by atoms with Crippen LogP contribution in [0.2, 0.25) is 0 Å². The van der Waals surface area contributed by atoms with E-state index in [2.05, 4.69) is 36.3 Å². The van der Waals surface area contributed by atoms with E-state index in [0.29, 0.717) is 12.2 Å². The Hall–Kier alpha value is -1.90. The van der Waals surface area contributed by atoms with Crippen molar-refractivity contribution in [1.29, 1.82) is 0 Å². The second-order valence-electron chi connectivity index (χ2n) is 5.94. The summed E-state index contributed by atoms with van der Waals surface area (Å²) in [7, 11) is 0. The zero-order chi connectivity index (χ0) is 14.8. The van der Waals surface area contributed by atoms with Crippen molar-refractivity contribution in [2.75, 3.05) is 0 Å². The number of aromatic nitrogens is 2. The smallest absolute Gasteiger partial charge is 0.142 e. The number of Topliss-reactive ketones (excluding diaryl/α,β-unsaturated/α-hetero) is 1. The Balaban J connectivity index is 1.72. The van der Waals surface area contributed by atoms with Gasteiger partial charge in [0.1, 0.15) is 5.78 Å². The molecule has 0 saturated heterocycles. The highest BCUT2D eigenvalue weighted by Crippen LogP contribution is 2.26. The first-order valence-electron chi connectivity index (χ1n) is 7.80. The second-order valence-corrected chi connectivity index (χ2v) is 5.94. The molecule has 0 fully saturated rings. The molecule has 110 valence electrons. The Labute approximate surface area is 126 Å². The molecule has 2 aromatic rings. The fourth-order valence-corrected chi connectivity index (χ4v) is 3.31. The molecule has 0 radical (unpaired) electrons. The Morgan fingerprint density at radius 2 is 2.10 bits per heavy atom. The number of hydrogen-bond acceptors (Lipinski definition) is 2. The molecule has 0 N–H and O–H groups in total. The summed E-state index contributed by atoms with van der Waals surface area (Å²) in [4.78, 5) is 12.6. The number of nitrogens with zero attached hydrogens (tertiary/aromatic N) is 2. The lowest BCUT2D eigenvalue weighted by atomic mass is 9.81. The third-order valence-electron chi connectivity index (χ3n) is 4.44. The van der Waals surface area contributed by atoms with E-state index in [1.807, 2.05) is 17.7 Å². The van der Waals surface area contributed by atoms with Crippen LogP contribution in [0.4, 0.5) is 0 Å². The molecule has 0 amide bonds. The Kier molecular flexibility index (Phi) is 3.91. The van der Waals surface area contributed by atoms with Crippen LogP contribution in [0.3, 0.4) is 0 Å². The predicted octanol–water partition coefficient (Wildman–Crippen LogP) is 3.13. The maximum absolute atomic E-state index is 12.6. The summed E-state index contributed by atoms with van der Waals surface area (Å²) in [5, 5.41) is 4.43. The zero-order valence-electron chi connectivity index (χ0n) is 12.8. The standard InChI is InChI=1S/C18H22N2O/c1-3-20-17(10-13(2)19-20)12-18(21)16-9-8-14-6-4-5-7-15(14)11-16/h4-7,10,16H,3,8-9,11-12H2,1-2H3. The molecule has 21 heavy (non-hydrogen) atoms. The van der Waals surface area contributed by atoms with Gasteiger partial charge in [0, 0.05) is 24.6 Å². The van der Waals surface area contributed by atoms with E-state index >= 15 is 0 Å². The highest BCUT2D eigenvalue weighted by atomic mass is 16.1. The summed E-state index contributed by atoms with van der Waals surface area (Å²) in [6, 6.07) is 10.5. The van der Waals surface area contributed by atoms with Crippen molar-refractivity contribution in [1.82, 2.24) is 9.78 Å². The number of rotatable bonds is 4. The lowest BCUT2D eigenvalue weighted by Gasteiger charge is -2.23. The Morgan fingerprint density at radius 1 is 1.33 bits per heavy atom. The van der Waals surface area contributed by atoms with Gasteiger partial charge in [-0.15, -0.1) is 0 Å². The fraction of sp³-hybridized carbons (Fsp3) is 0.444. The minimum absolute atomic E-state index is 0.167. The number of carbonyl (C=O) groups excluding carboxylic acids is 1. The summed E-state index contributed by atoms with van der Waals surface area (Å²) < 4.78 is 1.95. The lowest BCUT2D eigenvalue weighted by Crippen LogP contribution is -2.25. The maximum Gasteiger partial charge on any atom is 0.142 e. The first-order valence-corrected chi connectivity index (χ1v) is 7.80.